The van der Waals surface area contributed by atoms with E-state index < -0.39 is 0 Å². The standard InChI is InChI=1S/C4H3N5S/c1-2-9(7-5-1)4-3-10-8-6-4/h1-3H. The van der Waals surface area contributed by atoms with Crippen molar-refractivity contribution in [2.45, 2.75) is 0 Å². The summed E-state index contributed by atoms with van der Waals surface area (Å²) < 4.78 is 5.24. The monoisotopic (exact) mass is 153 g/mol. The molecule has 2 rings (SSSR count). The van der Waals surface area contributed by atoms with Gasteiger partial charge in [0.1, 0.15) is 0 Å². The zero-order chi connectivity index (χ0) is 6.81. The fraction of sp³-hybridized carbons (Fsp3) is 0. The molecule has 0 radical (unpaired) electrons. The topological polar surface area (TPSA) is 56.5 Å². The van der Waals surface area contributed by atoms with Crippen molar-refractivity contribution in [2.75, 3.05) is 0 Å². The fourth-order valence-electron chi connectivity index (χ4n) is 0.590. The van der Waals surface area contributed by atoms with Crippen molar-refractivity contribution in [3.63, 3.8) is 0 Å². The van der Waals surface area contributed by atoms with E-state index in [0.717, 1.165) is 0 Å². The molecule has 10 heavy (non-hydrogen) atoms. The lowest BCUT2D eigenvalue weighted by Crippen LogP contribution is -1.94. The average Bonchev–Trinajstić information content (AvgIpc) is 2.59. The van der Waals surface area contributed by atoms with E-state index in [0.29, 0.717) is 5.82 Å². The Bertz CT molecular complexity index is 253. The Morgan fingerprint density at radius 1 is 1.50 bits per heavy atom. The normalized spacial score (nSPS) is 10.0. The SMILES string of the molecule is c1cn(-c2csnn2)nn1. The van der Waals surface area contributed by atoms with Crippen molar-refractivity contribution in [1.29, 1.82) is 0 Å². The summed E-state index contributed by atoms with van der Waals surface area (Å²) in [7, 11) is 0. The van der Waals surface area contributed by atoms with Gasteiger partial charge in [-0.25, -0.2) is 0 Å². The number of aromatic nitrogens is 5. The van der Waals surface area contributed by atoms with Crippen LogP contribution in [0.1, 0.15) is 0 Å². The van der Waals surface area contributed by atoms with Gasteiger partial charge in [-0.2, -0.15) is 4.68 Å². The van der Waals surface area contributed by atoms with Gasteiger partial charge in [0.2, 0.25) is 0 Å². The second-order valence-electron chi connectivity index (χ2n) is 1.61. The van der Waals surface area contributed by atoms with Crippen molar-refractivity contribution in [2.24, 2.45) is 0 Å². The summed E-state index contributed by atoms with van der Waals surface area (Å²) >= 11 is 1.29. The molecule has 0 fully saturated rings. The van der Waals surface area contributed by atoms with E-state index in [1.165, 1.54) is 11.5 Å². The first-order valence-corrected chi connectivity index (χ1v) is 3.44. The van der Waals surface area contributed by atoms with E-state index in [2.05, 4.69) is 19.9 Å². The molecule has 6 heteroatoms. The van der Waals surface area contributed by atoms with Crippen LogP contribution in [-0.4, -0.2) is 24.6 Å². The smallest absolute Gasteiger partial charge is 0.189 e. The molecule has 5 nitrogen and oxygen atoms in total. The quantitative estimate of drug-likeness (QED) is 0.583. The largest absolute Gasteiger partial charge is 0.200 e. The molecule has 0 bridgehead atoms. The van der Waals surface area contributed by atoms with Gasteiger partial charge in [-0.3, -0.25) is 0 Å². The van der Waals surface area contributed by atoms with Gasteiger partial charge >= 0.3 is 0 Å². The van der Waals surface area contributed by atoms with Gasteiger partial charge in [-0.1, -0.05) is 9.70 Å². The Morgan fingerprint density at radius 3 is 3.10 bits per heavy atom. The molecule has 50 valence electrons. The van der Waals surface area contributed by atoms with Gasteiger partial charge in [0.25, 0.3) is 0 Å². The summed E-state index contributed by atoms with van der Waals surface area (Å²) in [6.07, 6.45) is 3.32. The maximum absolute atomic E-state index is 3.79. The molecule has 0 spiro atoms. The Balaban J connectivity index is 2.48. The molecular formula is C4H3N5S. The van der Waals surface area contributed by atoms with Crippen LogP contribution in [0.15, 0.2) is 17.8 Å². The van der Waals surface area contributed by atoms with Crippen molar-refractivity contribution >= 4 is 11.5 Å². The Kier molecular flexibility index (Phi) is 1.17. The average molecular weight is 153 g/mol. The predicted molar refractivity (Wildman–Crippen MR) is 34.8 cm³/mol. The van der Waals surface area contributed by atoms with E-state index in [1.807, 2.05) is 0 Å². The third-order valence-electron chi connectivity index (χ3n) is 1.01. The zero-order valence-corrected chi connectivity index (χ0v) is 5.69. The second-order valence-corrected chi connectivity index (χ2v) is 2.22. The molecular weight excluding hydrogens is 150 g/mol. The lowest BCUT2D eigenvalue weighted by atomic mass is 10.8. The minimum atomic E-state index is 0.711. The highest BCUT2D eigenvalue weighted by Gasteiger charge is 1.96. The van der Waals surface area contributed by atoms with E-state index in [4.69, 9.17) is 0 Å². The number of rotatable bonds is 1. The highest BCUT2D eigenvalue weighted by atomic mass is 32.1. The summed E-state index contributed by atoms with van der Waals surface area (Å²) in [6.45, 7) is 0. The third-order valence-corrected chi connectivity index (χ3v) is 1.50. The van der Waals surface area contributed by atoms with Crippen LogP contribution in [0, 0.1) is 0 Å². The molecule has 0 saturated carbocycles. The minimum absolute atomic E-state index is 0.711. The van der Waals surface area contributed by atoms with Crippen molar-refractivity contribution in [1.82, 2.24) is 24.6 Å². The number of hydrogen-bond donors (Lipinski definition) is 0. The van der Waals surface area contributed by atoms with Crippen LogP contribution in [0.3, 0.4) is 0 Å². The van der Waals surface area contributed by atoms with E-state index >= 15 is 0 Å². The maximum atomic E-state index is 3.79. The molecule has 2 aromatic rings. The maximum Gasteiger partial charge on any atom is 0.189 e. The van der Waals surface area contributed by atoms with Gasteiger partial charge in [0.05, 0.1) is 17.8 Å². The molecule has 0 saturated heterocycles. The Hall–Kier alpha value is -1.30. The van der Waals surface area contributed by atoms with Gasteiger partial charge in [0, 0.05) is 0 Å². The first-order chi connectivity index (χ1) is 4.97. The number of nitrogens with zero attached hydrogens (tertiary/aromatic N) is 5. The van der Waals surface area contributed by atoms with Crippen LogP contribution >= 0.6 is 11.5 Å². The van der Waals surface area contributed by atoms with Crippen molar-refractivity contribution < 1.29 is 0 Å². The van der Waals surface area contributed by atoms with E-state index in [1.54, 1.807) is 22.5 Å². The second kappa shape index (κ2) is 2.14. The molecule has 0 N–H and O–H groups in total. The molecule has 0 aliphatic rings. The van der Waals surface area contributed by atoms with Crippen LogP contribution < -0.4 is 0 Å². The first kappa shape index (κ1) is 5.48. The van der Waals surface area contributed by atoms with Crippen LogP contribution in [0.5, 0.6) is 0 Å². The minimum Gasteiger partial charge on any atom is -0.200 e. The first-order valence-electron chi connectivity index (χ1n) is 2.60. The van der Waals surface area contributed by atoms with Crippen LogP contribution in [0.2, 0.25) is 0 Å². The van der Waals surface area contributed by atoms with Gasteiger partial charge in [-0.15, -0.1) is 10.2 Å². The molecule has 0 aliphatic carbocycles. The van der Waals surface area contributed by atoms with E-state index in [-0.39, 0.29) is 0 Å². The number of hydrogen-bond acceptors (Lipinski definition) is 5. The summed E-state index contributed by atoms with van der Waals surface area (Å²) in [4.78, 5) is 0. The highest BCUT2D eigenvalue weighted by Crippen LogP contribution is 2.00. The van der Waals surface area contributed by atoms with Crippen LogP contribution in [0.25, 0.3) is 5.82 Å². The van der Waals surface area contributed by atoms with Crippen molar-refractivity contribution in [3.05, 3.63) is 17.8 Å². The predicted octanol–water partition coefficient (Wildman–Crippen LogP) is 0.119. The molecule has 0 aliphatic heterocycles. The zero-order valence-electron chi connectivity index (χ0n) is 4.88. The Morgan fingerprint density at radius 2 is 2.50 bits per heavy atom. The molecule has 0 unspecified atom stereocenters. The summed E-state index contributed by atoms with van der Waals surface area (Å²) in [5, 5.41) is 12.9. The van der Waals surface area contributed by atoms with Crippen molar-refractivity contribution in [3.8, 4) is 5.82 Å². The molecule has 2 aromatic heterocycles. The molecule has 2 heterocycles. The molecule has 0 aromatic carbocycles. The highest BCUT2D eigenvalue weighted by molar-refractivity contribution is 7.03. The lowest BCUT2D eigenvalue weighted by Gasteiger charge is -1.86. The summed E-state index contributed by atoms with van der Waals surface area (Å²) in [6, 6.07) is 0. The molecule has 0 amide bonds. The van der Waals surface area contributed by atoms with Gasteiger partial charge < -0.3 is 0 Å². The van der Waals surface area contributed by atoms with E-state index in [9.17, 15) is 0 Å². The lowest BCUT2D eigenvalue weighted by molar-refractivity contribution is 0.776. The van der Waals surface area contributed by atoms with Gasteiger partial charge in [0.15, 0.2) is 5.82 Å². The fourth-order valence-corrected chi connectivity index (χ4v) is 1.02. The summed E-state index contributed by atoms with van der Waals surface area (Å²) in [5.41, 5.74) is 0. The molecule has 0 atom stereocenters. The third kappa shape index (κ3) is 0.781. The Labute approximate surface area is 60.5 Å². The summed E-state index contributed by atoms with van der Waals surface area (Å²) in [5.74, 6) is 0.711. The van der Waals surface area contributed by atoms with Crippen LogP contribution in [-0.2, 0) is 0 Å². The van der Waals surface area contributed by atoms with Gasteiger partial charge in [-0.05, 0) is 11.5 Å². The van der Waals surface area contributed by atoms with Crippen LogP contribution in [0.4, 0.5) is 0 Å².